The van der Waals surface area contributed by atoms with Crippen molar-refractivity contribution < 1.29 is 20.8 Å². The molecule has 0 saturated heterocycles. The predicted molar refractivity (Wildman–Crippen MR) is 193 cm³/mol. The SMILES string of the molecule is Cc1cc2c(-c3cccc4cccnc34)cccc2[cH-]1.Cc1cc2c(-c3cccc4cccnc34)cccc2[cH-]1.[CH2-]C.[Cl][Zr][Cl]. The molecule has 0 bridgehead atoms. The van der Waals surface area contributed by atoms with Crippen LogP contribution >= 0.6 is 17.0 Å². The van der Waals surface area contributed by atoms with E-state index in [-0.39, 0.29) is 0 Å². The molecule has 5 heteroatoms. The molecule has 0 fully saturated rings. The van der Waals surface area contributed by atoms with Crippen molar-refractivity contribution in [3.05, 3.63) is 152 Å². The van der Waals surface area contributed by atoms with E-state index in [1.165, 1.54) is 65.7 Å². The van der Waals surface area contributed by atoms with Gasteiger partial charge >= 0.3 is 37.9 Å². The summed E-state index contributed by atoms with van der Waals surface area (Å²) in [6.07, 6.45) is 3.73. The van der Waals surface area contributed by atoms with Gasteiger partial charge in [0.2, 0.25) is 0 Å². The number of halogens is 2. The van der Waals surface area contributed by atoms with Crippen LogP contribution in [-0.4, -0.2) is 9.97 Å². The predicted octanol–water partition coefficient (Wildman–Crippen LogP) is 12.4. The Hall–Kier alpha value is -3.62. The van der Waals surface area contributed by atoms with Crippen LogP contribution in [-0.2, 0) is 20.8 Å². The number of aryl methyl sites for hydroxylation is 2. The molecule has 224 valence electrons. The molecule has 45 heavy (non-hydrogen) atoms. The molecule has 0 aliphatic carbocycles. The summed E-state index contributed by atoms with van der Waals surface area (Å²) in [6, 6.07) is 42.9. The van der Waals surface area contributed by atoms with Gasteiger partial charge in [-0.25, -0.2) is 0 Å². The molecule has 2 aromatic heterocycles. The van der Waals surface area contributed by atoms with Gasteiger partial charge < -0.3 is 6.92 Å². The van der Waals surface area contributed by atoms with Gasteiger partial charge in [0.1, 0.15) is 0 Å². The first-order chi connectivity index (χ1) is 22.1. The summed E-state index contributed by atoms with van der Waals surface area (Å²) < 4.78 is 0. The first-order valence-corrected chi connectivity index (χ1v) is 21.1. The average molecular weight is 704 g/mol. The molecule has 8 rings (SSSR count). The zero-order chi connectivity index (χ0) is 31.8. The number of hydrogen-bond acceptors (Lipinski definition) is 2. The van der Waals surface area contributed by atoms with Crippen LogP contribution < -0.4 is 0 Å². The third-order valence-electron chi connectivity index (χ3n) is 7.64. The zero-order valence-electron chi connectivity index (χ0n) is 25.6. The van der Waals surface area contributed by atoms with Gasteiger partial charge in [-0.3, -0.25) is 9.97 Å². The average Bonchev–Trinajstić information content (AvgIpc) is 3.66. The van der Waals surface area contributed by atoms with Gasteiger partial charge in [0.05, 0.1) is 11.0 Å². The van der Waals surface area contributed by atoms with Crippen LogP contribution in [0.25, 0.3) is 65.6 Å². The van der Waals surface area contributed by atoms with E-state index in [2.05, 4.69) is 140 Å². The van der Waals surface area contributed by atoms with Crippen molar-refractivity contribution in [3.8, 4) is 22.3 Å². The zero-order valence-corrected chi connectivity index (χ0v) is 29.5. The van der Waals surface area contributed by atoms with Crippen LogP contribution in [0.1, 0.15) is 18.1 Å². The van der Waals surface area contributed by atoms with E-state index in [9.17, 15) is 0 Å². The van der Waals surface area contributed by atoms with Crippen molar-refractivity contribution in [3.63, 3.8) is 0 Å². The van der Waals surface area contributed by atoms with Gasteiger partial charge in [-0.2, -0.15) is 19.1 Å². The number of para-hydroxylation sites is 2. The number of hydrogen-bond donors (Lipinski definition) is 0. The number of pyridine rings is 2. The molecule has 0 aliphatic heterocycles. The van der Waals surface area contributed by atoms with Gasteiger partial charge in [0, 0.05) is 23.2 Å². The summed E-state index contributed by atoms with van der Waals surface area (Å²) in [6.45, 7) is 9.29. The summed E-state index contributed by atoms with van der Waals surface area (Å²) in [7, 11) is 9.87. The Morgan fingerprint density at radius 3 is 1.31 bits per heavy atom. The molecule has 0 unspecified atom stereocenters. The minimum atomic E-state index is -0.826. The van der Waals surface area contributed by atoms with E-state index in [0.29, 0.717) is 0 Å². The molecule has 0 N–H and O–H groups in total. The van der Waals surface area contributed by atoms with Gasteiger partial charge in [-0.15, -0.1) is 69.1 Å². The number of fused-ring (bicyclic) bond motifs is 4. The summed E-state index contributed by atoms with van der Waals surface area (Å²) in [4.78, 5) is 9.14. The fourth-order valence-corrected chi connectivity index (χ4v) is 5.88. The molecule has 0 amide bonds. The Balaban J connectivity index is 0.000000156. The molecule has 2 heterocycles. The summed E-state index contributed by atoms with van der Waals surface area (Å²) in [5.41, 5.74) is 9.70. The van der Waals surface area contributed by atoms with Gasteiger partial charge in [-0.1, -0.05) is 85.6 Å². The molecule has 0 aliphatic rings. The number of aromatic nitrogens is 2. The molecule has 2 nitrogen and oxygen atoms in total. The fraction of sp³-hybridized carbons (Fsp3) is 0.0750. The van der Waals surface area contributed by atoms with Crippen molar-refractivity contribution in [1.82, 2.24) is 9.97 Å². The van der Waals surface area contributed by atoms with E-state index in [0.717, 1.165) is 11.0 Å². The van der Waals surface area contributed by atoms with Gasteiger partial charge in [0.25, 0.3) is 0 Å². The molecular formula is C40H33Cl2N2Zr-3. The quantitative estimate of drug-likeness (QED) is 0.168. The van der Waals surface area contributed by atoms with Crippen molar-refractivity contribution in [2.45, 2.75) is 20.8 Å². The van der Waals surface area contributed by atoms with Crippen LogP contribution in [0.15, 0.2) is 134 Å². The standard InChI is InChI=1S/2C19H14N.C2H5.2ClH.Zr/c2*1-13-11-15-6-3-8-16(18(15)12-13)17-9-2-5-14-7-4-10-20-19(14)17;1-2;;;/h2*2-12H,1H3;1H2,2H3;2*1H;/q3*-1;;;+2/p-2. The number of nitrogens with zero attached hydrogens (tertiary/aromatic N) is 2. The van der Waals surface area contributed by atoms with Crippen LogP contribution in [0.3, 0.4) is 0 Å². The molecule has 0 saturated carbocycles. The van der Waals surface area contributed by atoms with E-state index in [4.69, 9.17) is 17.0 Å². The maximum absolute atomic E-state index is 4.93. The number of benzene rings is 4. The first-order valence-electron chi connectivity index (χ1n) is 14.7. The Morgan fingerprint density at radius 1 is 0.533 bits per heavy atom. The molecule has 8 aromatic rings. The third kappa shape index (κ3) is 7.28. The second kappa shape index (κ2) is 15.6. The summed E-state index contributed by atoms with van der Waals surface area (Å²) >= 11 is -0.826. The van der Waals surface area contributed by atoms with Gasteiger partial charge in [0.15, 0.2) is 0 Å². The summed E-state index contributed by atoms with van der Waals surface area (Å²) in [5.74, 6) is 0. The van der Waals surface area contributed by atoms with E-state index in [1.54, 1.807) is 6.92 Å². The van der Waals surface area contributed by atoms with Crippen molar-refractivity contribution in [1.29, 1.82) is 0 Å². The minimum absolute atomic E-state index is 0.826. The van der Waals surface area contributed by atoms with E-state index >= 15 is 0 Å². The van der Waals surface area contributed by atoms with Gasteiger partial charge in [-0.05, 0) is 23.3 Å². The van der Waals surface area contributed by atoms with Crippen LogP contribution in [0, 0.1) is 20.8 Å². The molecule has 0 spiro atoms. The Bertz CT molecular complexity index is 2010. The first kappa shape index (κ1) is 32.8. The monoisotopic (exact) mass is 701 g/mol. The van der Waals surface area contributed by atoms with Crippen molar-refractivity contribution in [2.75, 3.05) is 0 Å². The van der Waals surface area contributed by atoms with Crippen LogP contribution in [0.4, 0.5) is 0 Å². The maximum atomic E-state index is 4.93. The Morgan fingerprint density at radius 2 is 0.889 bits per heavy atom. The van der Waals surface area contributed by atoms with Crippen molar-refractivity contribution in [2.24, 2.45) is 0 Å². The second-order valence-corrected chi connectivity index (χ2v) is 14.2. The normalized spacial score (nSPS) is 10.4. The molecular weight excluding hydrogens is 671 g/mol. The second-order valence-electron chi connectivity index (χ2n) is 10.5. The van der Waals surface area contributed by atoms with Crippen molar-refractivity contribution >= 4 is 60.4 Å². The third-order valence-corrected chi connectivity index (χ3v) is 7.64. The Kier molecular flexibility index (Phi) is 11.4. The van der Waals surface area contributed by atoms with Crippen LogP contribution in [0.5, 0.6) is 0 Å². The van der Waals surface area contributed by atoms with E-state index < -0.39 is 20.8 Å². The Labute approximate surface area is 284 Å². The summed E-state index contributed by atoms with van der Waals surface area (Å²) in [5, 5.41) is 7.59. The molecule has 6 aromatic carbocycles. The van der Waals surface area contributed by atoms with Crippen LogP contribution in [0.2, 0.25) is 0 Å². The fourth-order valence-electron chi connectivity index (χ4n) is 5.88. The topological polar surface area (TPSA) is 25.8 Å². The number of rotatable bonds is 2. The molecule has 0 radical (unpaired) electrons. The molecule has 0 atom stereocenters. The van der Waals surface area contributed by atoms with E-state index in [1.807, 2.05) is 24.5 Å².